The number of imidazole rings is 1. The van der Waals surface area contributed by atoms with E-state index in [4.69, 9.17) is 21.8 Å². The molecule has 2 rings (SSSR count). The Hall–Kier alpha value is -2.32. The number of aromatic nitrogens is 3. The van der Waals surface area contributed by atoms with Crippen molar-refractivity contribution in [3.8, 4) is 0 Å². The van der Waals surface area contributed by atoms with Crippen LogP contribution in [0.5, 0.6) is 0 Å². The molecule has 2 aromatic rings. The molecule has 116 valence electrons. The lowest BCUT2D eigenvalue weighted by atomic mass is 10.5. The van der Waals surface area contributed by atoms with Crippen molar-refractivity contribution in [2.45, 2.75) is 10.8 Å². The Kier molecular flexibility index (Phi) is 7.73. The van der Waals surface area contributed by atoms with Crippen LogP contribution in [-0.2, 0) is 15.3 Å². The van der Waals surface area contributed by atoms with Crippen molar-refractivity contribution in [1.29, 1.82) is 0 Å². The number of hydrogen-bond donors (Lipinski definition) is 3. The summed E-state index contributed by atoms with van der Waals surface area (Å²) in [5.41, 5.74) is 0.997. The number of H-pyrrole nitrogens is 1. The third kappa shape index (κ3) is 7.46. The van der Waals surface area contributed by atoms with Gasteiger partial charge in [-0.25, -0.2) is 19.6 Å². The van der Waals surface area contributed by atoms with E-state index in [1.807, 2.05) is 18.3 Å². The monoisotopic (exact) mass is 341 g/mol. The molecule has 0 radical (unpaired) electrons. The van der Waals surface area contributed by atoms with Crippen LogP contribution in [0.2, 0.25) is 5.02 Å². The van der Waals surface area contributed by atoms with Crippen LogP contribution in [0.4, 0.5) is 0 Å². The molecule has 0 saturated heterocycles. The largest absolute Gasteiger partial charge is 0.478 e. The van der Waals surface area contributed by atoms with E-state index in [9.17, 15) is 9.59 Å². The van der Waals surface area contributed by atoms with Crippen molar-refractivity contribution < 1.29 is 19.8 Å². The number of aliphatic carboxylic acids is 2. The fourth-order valence-electron chi connectivity index (χ4n) is 1.13. The molecule has 0 saturated carbocycles. The van der Waals surface area contributed by atoms with Gasteiger partial charge in [0.05, 0.1) is 17.0 Å². The summed E-state index contributed by atoms with van der Waals surface area (Å²) in [6, 6.07) is 3.66. The van der Waals surface area contributed by atoms with Gasteiger partial charge in [-0.1, -0.05) is 23.4 Å². The minimum absolute atomic E-state index is 0.558. The lowest BCUT2D eigenvalue weighted by Gasteiger charge is -1.99. The molecule has 0 aliphatic heterocycles. The number of thioether (sulfide) groups is 1. The molecule has 9 heteroatoms. The van der Waals surface area contributed by atoms with Crippen LogP contribution in [0, 0.1) is 0 Å². The third-order valence-corrected chi connectivity index (χ3v) is 3.46. The highest BCUT2D eigenvalue weighted by molar-refractivity contribution is 7.98. The zero-order valence-electron chi connectivity index (χ0n) is 11.1. The van der Waals surface area contributed by atoms with Gasteiger partial charge >= 0.3 is 11.9 Å². The predicted octanol–water partition coefficient (Wildman–Crippen LogP) is 2.46. The van der Waals surface area contributed by atoms with Gasteiger partial charge in [0.15, 0.2) is 0 Å². The van der Waals surface area contributed by atoms with E-state index >= 15 is 0 Å². The van der Waals surface area contributed by atoms with Crippen LogP contribution in [0.25, 0.3) is 0 Å². The Morgan fingerprint density at radius 1 is 1.27 bits per heavy atom. The number of aromatic amines is 1. The Labute approximate surface area is 135 Å². The molecule has 0 aliphatic rings. The highest BCUT2D eigenvalue weighted by Crippen LogP contribution is 2.26. The molecular weight excluding hydrogens is 330 g/mol. The average Bonchev–Trinajstić information content (AvgIpc) is 2.98. The Balaban J connectivity index is 0.000000261. The second-order valence-corrected chi connectivity index (χ2v) is 5.02. The predicted molar refractivity (Wildman–Crippen MR) is 81.8 cm³/mol. The topological polar surface area (TPSA) is 116 Å². The molecular formula is C13H12ClN3O4S. The van der Waals surface area contributed by atoms with Gasteiger partial charge in [-0.2, -0.15) is 0 Å². The quantitative estimate of drug-likeness (QED) is 0.565. The highest BCUT2D eigenvalue weighted by atomic mass is 35.5. The Morgan fingerprint density at radius 2 is 1.95 bits per heavy atom. The van der Waals surface area contributed by atoms with Gasteiger partial charge in [0.25, 0.3) is 0 Å². The van der Waals surface area contributed by atoms with E-state index in [1.165, 1.54) is 0 Å². The van der Waals surface area contributed by atoms with Crippen molar-refractivity contribution in [1.82, 2.24) is 15.0 Å². The summed E-state index contributed by atoms with van der Waals surface area (Å²) in [6.07, 6.45) is 6.38. The third-order valence-electron chi connectivity index (χ3n) is 2.00. The van der Waals surface area contributed by atoms with Gasteiger partial charge < -0.3 is 15.2 Å². The molecule has 0 aliphatic carbocycles. The second kappa shape index (κ2) is 9.59. The smallest absolute Gasteiger partial charge is 0.328 e. The van der Waals surface area contributed by atoms with E-state index in [0.29, 0.717) is 17.2 Å². The average molecular weight is 342 g/mol. The minimum Gasteiger partial charge on any atom is -0.478 e. The lowest BCUT2D eigenvalue weighted by Crippen LogP contribution is -1.91. The standard InChI is InChI=1S/C9H8ClN3S.C4H4O4/c10-8-2-1-3-12-9(8)14-5-7-4-11-6-13-7;5-3(6)1-2-4(7)8/h1-4,6H,5H2,(H,11,13);1-2H,(H,5,6)(H,7,8). The van der Waals surface area contributed by atoms with Gasteiger partial charge in [0.2, 0.25) is 0 Å². The van der Waals surface area contributed by atoms with Gasteiger partial charge in [0, 0.05) is 30.3 Å². The maximum atomic E-state index is 9.55. The number of hydrogen-bond acceptors (Lipinski definition) is 5. The number of nitrogens with zero attached hydrogens (tertiary/aromatic N) is 2. The molecule has 0 bridgehead atoms. The summed E-state index contributed by atoms with van der Waals surface area (Å²) in [6.45, 7) is 0. The number of carboxylic acids is 2. The van der Waals surface area contributed by atoms with Crippen LogP contribution in [-0.4, -0.2) is 37.1 Å². The molecule has 2 aromatic heterocycles. The maximum Gasteiger partial charge on any atom is 0.328 e. The number of carbonyl (C=O) groups is 2. The normalized spacial score (nSPS) is 10.0. The maximum absolute atomic E-state index is 9.55. The van der Waals surface area contributed by atoms with Crippen LogP contribution in [0.15, 0.2) is 48.0 Å². The van der Waals surface area contributed by atoms with Crippen LogP contribution in [0.3, 0.4) is 0 Å². The summed E-state index contributed by atoms with van der Waals surface area (Å²) in [7, 11) is 0. The zero-order chi connectivity index (χ0) is 16.4. The van der Waals surface area contributed by atoms with Crippen LogP contribution < -0.4 is 0 Å². The van der Waals surface area contributed by atoms with Gasteiger partial charge in [-0.3, -0.25) is 0 Å². The molecule has 0 atom stereocenters. The first-order valence-electron chi connectivity index (χ1n) is 5.84. The van der Waals surface area contributed by atoms with Crippen molar-refractivity contribution in [3.05, 3.63) is 53.7 Å². The van der Waals surface area contributed by atoms with Gasteiger partial charge in [-0.15, -0.1) is 0 Å². The first-order valence-corrected chi connectivity index (χ1v) is 7.20. The van der Waals surface area contributed by atoms with E-state index in [2.05, 4.69) is 15.0 Å². The lowest BCUT2D eigenvalue weighted by molar-refractivity contribution is -0.134. The summed E-state index contributed by atoms with van der Waals surface area (Å²) < 4.78 is 0. The molecule has 2 heterocycles. The zero-order valence-corrected chi connectivity index (χ0v) is 12.7. The number of halogens is 1. The summed E-state index contributed by atoms with van der Waals surface area (Å²) in [5.74, 6) is -1.74. The number of nitrogens with one attached hydrogen (secondary N) is 1. The van der Waals surface area contributed by atoms with Crippen molar-refractivity contribution in [2.75, 3.05) is 0 Å². The van der Waals surface area contributed by atoms with Gasteiger partial charge in [0.1, 0.15) is 5.03 Å². The summed E-state index contributed by atoms with van der Waals surface area (Å²) in [5, 5.41) is 17.2. The van der Waals surface area contributed by atoms with Crippen molar-refractivity contribution in [3.63, 3.8) is 0 Å². The molecule has 7 nitrogen and oxygen atoms in total. The van der Waals surface area contributed by atoms with Gasteiger partial charge in [-0.05, 0) is 12.1 Å². The molecule has 0 unspecified atom stereocenters. The van der Waals surface area contributed by atoms with E-state index in [0.717, 1.165) is 16.5 Å². The van der Waals surface area contributed by atoms with E-state index < -0.39 is 11.9 Å². The van der Waals surface area contributed by atoms with E-state index in [1.54, 1.807) is 24.3 Å². The number of rotatable bonds is 5. The number of carboxylic acid groups (broad SMARTS) is 2. The molecule has 0 spiro atoms. The number of pyridine rings is 1. The van der Waals surface area contributed by atoms with Crippen molar-refractivity contribution in [2.24, 2.45) is 0 Å². The molecule has 22 heavy (non-hydrogen) atoms. The Morgan fingerprint density at radius 3 is 2.45 bits per heavy atom. The van der Waals surface area contributed by atoms with Crippen LogP contribution in [0.1, 0.15) is 5.69 Å². The van der Waals surface area contributed by atoms with E-state index in [-0.39, 0.29) is 0 Å². The SMILES string of the molecule is Clc1cccnc1SCc1c[nH]cn1.O=C(O)C=CC(=O)O. The first-order chi connectivity index (χ1) is 10.5. The summed E-state index contributed by atoms with van der Waals surface area (Å²) in [4.78, 5) is 30.3. The van der Waals surface area contributed by atoms with Crippen molar-refractivity contribution >= 4 is 35.3 Å². The highest BCUT2D eigenvalue weighted by Gasteiger charge is 2.02. The first kappa shape index (κ1) is 17.7. The second-order valence-electron chi connectivity index (χ2n) is 3.65. The summed E-state index contributed by atoms with van der Waals surface area (Å²) >= 11 is 7.53. The molecule has 0 amide bonds. The van der Waals surface area contributed by atoms with Crippen LogP contribution >= 0.6 is 23.4 Å². The molecule has 0 aromatic carbocycles. The molecule has 0 fully saturated rings. The Bertz CT molecular complexity index is 630. The minimum atomic E-state index is -1.26. The fraction of sp³-hybridized carbons (Fsp3) is 0.0769. The fourth-order valence-corrected chi connectivity index (χ4v) is 2.20. The molecule has 3 N–H and O–H groups in total.